The number of thioether (sulfide) groups is 1. The van der Waals surface area contributed by atoms with Crippen molar-refractivity contribution in [3.05, 3.63) is 0 Å². The summed E-state index contributed by atoms with van der Waals surface area (Å²) in [6.45, 7) is 0.328. The Bertz CT molecular complexity index is 492. The topological polar surface area (TPSA) is 67.8 Å². The first-order chi connectivity index (χ1) is 9.17. The summed E-state index contributed by atoms with van der Waals surface area (Å²) in [6.07, 6.45) is 5.55. The highest BCUT2D eigenvalue weighted by atomic mass is 32.2. The maximum absolute atomic E-state index is 12.0. The van der Waals surface area contributed by atoms with Crippen LogP contribution in [0.15, 0.2) is 4.99 Å². The number of hydrogen-bond donors (Lipinski definition) is 1. The number of ether oxygens (including phenoxy) is 1. The summed E-state index contributed by atoms with van der Waals surface area (Å²) in [6, 6.07) is 0.436. The van der Waals surface area contributed by atoms with E-state index in [9.17, 15) is 9.59 Å². The van der Waals surface area contributed by atoms with Crippen molar-refractivity contribution in [1.29, 1.82) is 0 Å². The molecule has 0 aromatic heterocycles. The highest BCUT2D eigenvalue weighted by Gasteiger charge is 2.57. The molecule has 2 aliphatic heterocycles. The van der Waals surface area contributed by atoms with Crippen LogP contribution in [0, 0.1) is 11.8 Å². The number of nitrogens with one attached hydrogen (secondary N) is 1. The summed E-state index contributed by atoms with van der Waals surface area (Å²) >= 11 is 1.27. The molecule has 2 bridgehead atoms. The van der Waals surface area contributed by atoms with Crippen LogP contribution in [0.5, 0.6) is 0 Å². The Morgan fingerprint density at radius 1 is 1.32 bits per heavy atom. The maximum atomic E-state index is 12.0. The molecule has 1 N–H and O–H groups in total. The van der Waals surface area contributed by atoms with E-state index in [1.807, 2.05) is 0 Å². The minimum absolute atomic E-state index is 0.328. The third kappa shape index (κ3) is 1.65. The minimum atomic E-state index is -1.07. The highest BCUT2D eigenvalue weighted by Crippen LogP contribution is 2.46. The molecule has 1 unspecified atom stereocenters. The lowest BCUT2D eigenvalue weighted by Gasteiger charge is -2.24. The van der Waals surface area contributed by atoms with Crippen molar-refractivity contribution in [2.45, 2.75) is 42.9 Å². The van der Waals surface area contributed by atoms with Crippen LogP contribution in [-0.4, -0.2) is 34.4 Å². The molecule has 0 aromatic carbocycles. The summed E-state index contributed by atoms with van der Waals surface area (Å²) < 4.78 is 3.88. The van der Waals surface area contributed by atoms with Crippen LogP contribution < -0.4 is 5.32 Å². The molecule has 4 aliphatic rings. The lowest BCUT2D eigenvalue weighted by molar-refractivity contribution is -0.142. The first kappa shape index (κ1) is 11.8. The van der Waals surface area contributed by atoms with Crippen LogP contribution in [0.2, 0.25) is 0 Å². The van der Waals surface area contributed by atoms with Crippen molar-refractivity contribution >= 4 is 28.8 Å². The van der Waals surface area contributed by atoms with Crippen LogP contribution in [0.4, 0.5) is 0 Å². The quantitative estimate of drug-likeness (QED) is 0.575. The number of nitrogens with zero attached hydrogens (tertiary/aromatic N) is 1. The van der Waals surface area contributed by atoms with E-state index in [4.69, 9.17) is 4.74 Å². The molecule has 1 spiro atoms. The molecular formula is C13H16N2O3S. The Labute approximate surface area is 115 Å². The number of rotatable bonds is 1. The maximum Gasteiger partial charge on any atom is 0.332 e. The number of esters is 1. The number of aliphatic imine (C=N–C) groups is 1. The Kier molecular flexibility index (Phi) is 2.46. The molecule has 4 rings (SSSR count). The lowest BCUT2D eigenvalue weighted by Crippen LogP contribution is -2.39. The Hall–Kier alpha value is -1.04. The van der Waals surface area contributed by atoms with E-state index in [2.05, 4.69) is 10.3 Å². The van der Waals surface area contributed by atoms with Crippen molar-refractivity contribution in [1.82, 2.24) is 5.32 Å². The summed E-state index contributed by atoms with van der Waals surface area (Å²) in [5.41, 5.74) is 0. The number of hydrogen-bond acceptors (Lipinski definition) is 5. The van der Waals surface area contributed by atoms with E-state index in [-0.39, 0.29) is 5.91 Å². The van der Waals surface area contributed by atoms with Gasteiger partial charge >= 0.3 is 5.97 Å². The van der Waals surface area contributed by atoms with Gasteiger partial charge in [0.05, 0.1) is 6.61 Å². The Morgan fingerprint density at radius 3 is 2.84 bits per heavy atom. The second-order valence-electron chi connectivity index (χ2n) is 5.96. The molecule has 4 atom stereocenters. The smallest absolute Gasteiger partial charge is 0.332 e. The second-order valence-corrected chi connectivity index (χ2v) is 7.25. The number of fused-ring (bicyclic) bond motifs is 2. The molecule has 19 heavy (non-hydrogen) atoms. The SMILES string of the molecule is O=C1N=C(N[C@H]2C[C@@H]3CC[C@H]2C3)SC12CCOC2=O. The molecule has 1 saturated heterocycles. The third-order valence-corrected chi connectivity index (χ3v) is 6.18. The van der Waals surface area contributed by atoms with Gasteiger partial charge in [0.15, 0.2) is 5.17 Å². The molecule has 1 amide bonds. The summed E-state index contributed by atoms with van der Waals surface area (Å²) in [5.74, 6) is 0.799. The van der Waals surface area contributed by atoms with Crippen LogP contribution in [0.3, 0.4) is 0 Å². The van der Waals surface area contributed by atoms with E-state index < -0.39 is 10.7 Å². The molecule has 0 radical (unpaired) electrons. The number of carbonyl (C=O) groups excluding carboxylic acids is 2. The van der Waals surface area contributed by atoms with Crippen LogP contribution in [0.25, 0.3) is 0 Å². The van der Waals surface area contributed by atoms with Crippen molar-refractivity contribution in [3.8, 4) is 0 Å². The second kappa shape index (κ2) is 3.98. The summed E-state index contributed by atoms with van der Waals surface area (Å²) in [5, 5.41) is 4.02. The first-order valence-corrected chi connectivity index (χ1v) is 7.75. The predicted octanol–water partition coefficient (Wildman–Crippen LogP) is 1.08. The van der Waals surface area contributed by atoms with Crippen LogP contribution >= 0.6 is 11.8 Å². The zero-order valence-electron chi connectivity index (χ0n) is 10.6. The fourth-order valence-corrected chi connectivity index (χ4v) is 4.98. The Balaban J connectivity index is 1.48. The van der Waals surface area contributed by atoms with Gasteiger partial charge < -0.3 is 10.1 Å². The largest absolute Gasteiger partial charge is 0.464 e. The normalized spacial score (nSPS) is 44.0. The van der Waals surface area contributed by atoms with Gasteiger partial charge in [-0.05, 0) is 31.1 Å². The molecule has 2 heterocycles. The molecule has 6 heteroatoms. The zero-order chi connectivity index (χ0) is 13.0. The van der Waals surface area contributed by atoms with Gasteiger partial charge in [0.25, 0.3) is 5.91 Å². The zero-order valence-corrected chi connectivity index (χ0v) is 11.4. The van der Waals surface area contributed by atoms with Gasteiger partial charge in [-0.3, -0.25) is 4.79 Å². The van der Waals surface area contributed by atoms with Gasteiger partial charge in [-0.25, -0.2) is 4.79 Å². The highest BCUT2D eigenvalue weighted by molar-refractivity contribution is 8.16. The average Bonchev–Trinajstić information content (AvgIpc) is 3.10. The van der Waals surface area contributed by atoms with Gasteiger partial charge in [-0.1, -0.05) is 18.2 Å². The van der Waals surface area contributed by atoms with E-state index >= 15 is 0 Å². The van der Waals surface area contributed by atoms with Crippen molar-refractivity contribution in [3.63, 3.8) is 0 Å². The van der Waals surface area contributed by atoms with E-state index in [1.165, 1.54) is 37.4 Å². The number of amidine groups is 1. The van der Waals surface area contributed by atoms with E-state index in [1.54, 1.807) is 0 Å². The third-order valence-electron chi connectivity index (χ3n) is 4.88. The van der Waals surface area contributed by atoms with Gasteiger partial charge in [0, 0.05) is 12.5 Å². The van der Waals surface area contributed by atoms with Crippen LogP contribution in [0.1, 0.15) is 32.1 Å². The van der Waals surface area contributed by atoms with Gasteiger partial charge in [0.1, 0.15) is 0 Å². The number of carbonyl (C=O) groups is 2. The predicted molar refractivity (Wildman–Crippen MR) is 70.7 cm³/mol. The van der Waals surface area contributed by atoms with Crippen LogP contribution in [-0.2, 0) is 14.3 Å². The van der Waals surface area contributed by atoms with E-state index in [0.29, 0.717) is 24.2 Å². The first-order valence-electron chi connectivity index (χ1n) is 6.93. The average molecular weight is 280 g/mol. The molecule has 102 valence electrons. The molecule has 0 aromatic rings. The molecule has 2 aliphatic carbocycles. The number of cyclic esters (lactones) is 1. The monoisotopic (exact) mass is 280 g/mol. The number of amides is 1. The summed E-state index contributed by atoms with van der Waals surface area (Å²) in [7, 11) is 0. The van der Waals surface area contributed by atoms with Crippen molar-refractivity contribution in [2.75, 3.05) is 6.61 Å². The fourth-order valence-electron chi connectivity index (χ4n) is 3.85. The fraction of sp³-hybridized carbons (Fsp3) is 0.769. The van der Waals surface area contributed by atoms with Crippen molar-refractivity contribution < 1.29 is 14.3 Å². The van der Waals surface area contributed by atoms with Gasteiger partial charge in [-0.2, -0.15) is 4.99 Å². The molecular weight excluding hydrogens is 264 g/mol. The molecule has 2 saturated carbocycles. The lowest BCUT2D eigenvalue weighted by atomic mass is 9.96. The van der Waals surface area contributed by atoms with E-state index in [0.717, 1.165) is 11.8 Å². The van der Waals surface area contributed by atoms with Gasteiger partial charge in [0.2, 0.25) is 4.75 Å². The standard InChI is InChI=1S/C13H16N2O3S/c16-10-13(3-4-18-11(13)17)19-12(15-10)14-9-6-7-1-2-8(9)5-7/h7-9H,1-6H2,(H,14,15,16)/t7-,8+,9+,13?/m1/s1. The minimum Gasteiger partial charge on any atom is -0.464 e. The summed E-state index contributed by atoms with van der Waals surface area (Å²) in [4.78, 5) is 27.8. The Morgan fingerprint density at radius 2 is 2.21 bits per heavy atom. The molecule has 5 nitrogen and oxygen atoms in total. The molecule has 3 fully saturated rings. The van der Waals surface area contributed by atoms with Crippen molar-refractivity contribution in [2.24, 2.45) is 16.8 Å². The van der Waals surface area contributed by atoms with Gasteiger partial charge in [-0.15, -0.1) is 0 Å².